The van der Waals surface area contributed by atoms with Crippen LogP contribution in [0.25, 0.3) is 0 Å². The molecule has 1 aliphatic carbocycles. The fraction of sp³-hybridized carbons (Fsp3) is 0.536. The summed E-state index contributed by atoms with van der Waals surface area (Å²) in [4.78, 5) is 31.2. The molecule has 1 aromatic carbocycles. The smallest absolute Gasteiger partial charge is 0.242 e. The molecule has 2 amide bonds. The molecule has 1 aromatic rings. The minimum Gasteiger partial charge on any atom is -0.372 e. The topological polar surface area (TPSA) is 146 Å². The number of nitrogens with two attached hydrogens (primary N) is 3. The van der Waals surface area contributed by atoms with Gasteiger partial charge in [-0.1, -0.05) is 13.0 Å². The van der Waals surface area contributed by atoms with Crippen molar-refractivity contribution in [3.8, 4) is 0 Å². The number of carbonyl (C=O) groups excluding carboxylic acids is 2. The molecule has 40 heavy (non-hydrogen) atoms. The summed E-state index contributed by atoms with van der Waals surface area (Å²) in [5, 5.41) is 3.17. The number of hydrogen-bond acceptors (Lipinski definition) is 8. The number of anilines is 1. The number of likely N-dealkylation sites (tertiary alicyclic amines) is 1. The van der Waals surface area contributed by atoms with Gasteiger partial charge in [-0.15, -0.1) is 0 Å². The van der Waals surface area contributed by atoms with Crippen LogP contribution in [0.2, 0.25) is 0 Å². The molecule has 2 heterocycles. The molecule has 2 unspecified atom stereocenters. The first kappa shape index (κ1) is 31.2. The van der Waals surface area contributed by atoms with E-state index in [-0.39, 0.29) is 30.5 Å². The molecule has 4 rings (SSSR count). The second kappa shape index (κ2) is 13.8. The van der Waals surface area contributed by atoms with E-state index in [4.69, 9.17) is 16.3 Å². The van der Waals surface area contributed by atoms with E-state index in [0.717, 1.165) is 19.5 Å². The highest BCUT2D eigenvalue weighted by Crippen LogP contribution is 2.44. The summed E-state index contributed by atoms with van der Waals surface area (Å²) >= 11 is 0. The molecule has 3 fully saturated rings. The van der Waals surface area contributed by atoms with Crippen molar-refractivity contribution < 1.29 is 18.4 Å². The highest BCUT2D eigenvalue weighted by molar-refractivity contribution is 5.85. The Kier molecular flexibility index (Phi) is 10.8. The summed E-state index contributed by atoms with van der Waals surface area (Å²) in [5.74, 6) is 0.307. The lowest BCUT2D eigenvalue weighted by Crippen LogP contribution is -2.57. The quantitative estimate of drug-likeness (QED) is 0.265. The molecule has 0 radical (unpaired) electrons. The third-order valence-electron chi connectivity index (χ3n) is 7.34. The average Bonchev–Trinajstić information content (AvgIpc) is 3.29. The van der Waals surface area contributed by atoms with Gasteiger partial charge in [0.2, 0.25) is 12.3 Å². The molecular weight excluding hydrogens is 518 g/mol. The van der Waals surface area contributed by atoms with Gasteiger partial charge in [-0.05, 0) is 50.3 Å². The van der Waals surface area contributed by atoms with E-state index in [9.17, 15) is 4.79 Å². The number of hydrogen-bond donors (Lipinski definition) is 4. The van der Waals surface area contributed by atoms with Crippen LogP contribution in [0, 0.1) is 23.5 Å². The number of aliphatic imine (C=N–C) groups is 1. The molecule has 2 aliphatic heterocycles. The lowest BCUT2D eigenvalue weighted by molar-refractivity contribution is -0.137. The van der Waals surface area contributed by atoms with Gasteiger partial charge in [0, 0.05) is 75.5 Å². The van der Waals surface area contributed by atoms with E-state index in [1.54, 1.807) is 37.2 Å². The summed E-state index contributed by atoms with van der Waals surface area (Å²) in [5.41, 5.74) is 15.6. The highest BCUT2D eigenvalue weighted by atomic mass is 19.1. The van der Waals surface area contributed by atoms with E-state index >= 15 is 8.78 Å². The Balaban J connectivity index is 0.00000141. The van der Waals surface area contributed by atoms with Gasteiger partial charge in [0.1, 0.15) is 17.5 Å². The molecule has 1 saturated carbocycles. The van der Waals surface area contributed by atoms with Gasteiger partial charge in [-0.3, -0.25) is 19.5 Å². The Morgan fingerprint density at radius 3 is 2.20 bits per heavy atom. The van der Waals surface area contributed by atoms with Crippen molar-refractivity contribution in [3.05, 3.63) is 53.5 Å². The van der Waals surface area contributed by atoms with Crippen molar-refractivity contribution in [2.75, 3.05) is 44.6 Å². The number of nitrogens with zero attached hydrogens (tertiary/aromatic N) is 4. The fourth-order valence-corrected chi connectivity index (χ4v) is 5.10. The maximum absolute atomic E-state index is 15.0. The van der Waals surface area contributed by atoms with Gasteiger partial charge in [-0.25, -0.2) is 8.78 Å². The predicted octanol–water partition coefficient (Wildman–Crippen LogP) is 1.58. The van der Waals surface area contributed by atoms with E-state index in [1.807, 2.05) is 17.9 Å². The Morgan fingerprint density at radius 2 is 1.68 bits per heavy atom. The number of amides is 2. The third-order valence-corrected chi connectivity index (χ3v) is 7.34. The minimum atomic E-state index is -0.935. The van der Waals surface area contributed by atoms with Crippen molar-refractivity contribution >= 4 is 24.2 Å². The number of rotatable bonds is 9. The maximum Gasteiger partial charge on any atom is 0.242 e. The zero-order valence-corrected chi connectivity index (χ0v) is 23.5. The third kappa shape index (κ3) is 8.09. The first-order chi connectivity index (χ1) is 19.0. The highest BCUT2D eigenvalue weighted by Gasteiger charge is 2.53. The van der Waals surface area contributed by atoms with E-state index in [2.05, 4.69) is 20.9 Å². The molecule has 3 aliphatic rings. The Bertz CT molecular complexity index is 1090. The zero-order chi connectivity index (χ0) is 29.4. The van der Waals surface area contributed by atoms with Crippen LogP contribution in [0.5, 0.6) is 0 Å². The number of fused-ring (bicyclic) bond motifs is 1. The first-order valence-corrected chi connectivity index (χ1v) is 13.6. The largest absolute Gasteiger partial charge is 0.372 e. The standard InChI is InChI=1S/C27H39F2N7O.CH3NO/c1-4-5-7-32-8-6-24(35-9-11-36(12-10-35)26(37)27(2,3)31)33-18-13-22(28)21(23(29)14-18)17-34-15-19-20(16-34)25(19)30;2-1-3/h5-8,13-14,19-20,25,33H,4,9-12,15-17,30-31H2,1-3H3;1H,(H2,2,3)/b7-5+,24-6+,32-8+;. The summed E-state index contributed by atoms with van der Waals surface area (Å²) in [6, 6.07) is 2.91. The van der Waals surface area contributed by atoms with Gasteiger partial charge in [0.25, 0.3) is 0 Å². The van der Waals surface area contributed by atoms with Crippen molar-refractivity contribution in [2.45, 2.75) is 45.3 Å². The minimum absolute atomic E-state index is 0.0775. The van der Waals surface area contributed by atoms with Gasteiger partial charge in [0.05, 0.1) is 5.54 Å². The second-order valence-electron chi connectivity index (χ2n) is 10.9. The Hall–Kier alpha value is -3.35. The molecule has 12 heteroatoms. The number of halogens is 2. The predicted molar refractivity (Wildman–Crippen MR) is 153 cm³/mol. The van der Waals surface area contributed by atoms with Crippen LogP contribution in [0.4, 0.5) is 14.5 Å². The van der Waals surface area contributed by atoms with Crippen molar-refractivity contribution in [3.63, 3.8) is 0 Å². The summed E-state index contributed by atoms with van der Waals surface area (Å²) in [6.07, 6.45) is 8.16. The van der Waals surface area contributed by atoms with Gasteiger partial charge in [-0.2, -0.15) is 0 Å². The van der Waals surface area contributed by atoms with Crippen molar-refractivity contribution in [1.82, 2.24) is 14.7 Å². The number of piperazine rings is 1. The second-order valence-corrected chi connectivity index (χ2v) is 10.9. The number of nitrogens with one attached hydrogen (secondary N) is 1. The molecule has 7 N–H and O–H groups in total. The van der Waals surface area contributed by atoms with Crippen LogP contribution in [-0.4, -0.2) is 84.1 Å². The SMILES string of the molecule is CC/C=C/N=C/C=C(\Nc1cc(F)c(CN2CC3C(N)C3C2)c(F)c1)N1CCN(C(=O)C(C)(C)N)CC1.NC=O. The maximum atomic E-state index is 15.0. The van der Waals surface area contributed by atoms with Gasteiger partial charge < -0.3 is 32.3 Å². The van der Waals surface area contributed by atoms with Crippen LogP contribution < -0.4 is 22.5 Å². The van der Waals surface area contributed by atoms with Gasteiger partial charge in [0.15, 0.2) is 0 Å². The molecule has 2 atom stereocenters. The van der Waals surface area contributed by atoms with Crippen LogP contribution in [0.3, 0.4) is 0 Å². The number of benzene rings is 1. The normalized spacial score (nSPS) is 23.3. The molecule has 220 valence electrons. The van der Waals surface area contributed by atoms with Crippen LogP contribution in [0.15, 0.2) is 41.3 Å². The van der Waals surface area contributed by atoms with Crippen molar-refractivity contribution in [2.24, 2.45) is 34.0 Å². The number of allylic oxidation sites excluding steroid dienone is 2. The number of piperidine rings is 1. The molecule has 0 bridgehead atoms. The number of primary amides is 1. The fourth-order valence-electron chi connectivity index (χ4n) is 5.10. The number of carbonyl (C=O) groups is 2. The molecule has 2 saturated heterocycles. The molecular formula is C28H42F2N8O2. The van der Waals surface area contributed by atoms with Crippen LogP contribution >= 0.6 is 0 Å². The van der Waals surface area contributed by atoms with Crippen LogP contribution in [0.1, 0.15) is 32.8 Å². The molecule has 0 spiro atoms. The lowest BCUT2D eigenvalue weighted by atomic mass is 10.0. The Morgan fingerprint density at radius 1 is 1.12 bits per heavy atom. The Labute approximate surface area is 234 Å². The summed E-state index contributed by atoms with van der Waals surface area (Å²) < 4.78 is 30.1. The summed E-state index contributed by atoms with van der Waals surface area (Å²) in [7, 11) is 0. The monoisotopic (exact) mass is 560 g/mol. The lowest BCUT2D eigenvalue weighted by Gasteiger charge is -2.39. The molecule has 10 nitrogen and oxygen atoms in total. The van der Waals surface area contributed by atoms with Crippen molar-refractivity contribution in [1.29, 1.82) is 0 Å². The van der Waals surface area contributed by atoms with E-state index in [0.29, 0.717) is 49.5 Å². The van der Waals surface area contributed by atoms with Crippen LogP contribution in [-0.2, 0) is 16.1 Å². The van der Waals surface area contributed by atoms with E-state index < -0.39 is 17.2 Å². The molecule has 0 aromatic heterocycles. The summed E-state index contributed by atoms with van der Waals surface area (Å²) in [6.45, 7) is 9.31. The van der Waals surface area contributed by atoms with E-state index in [1.165, 1.54) is 12.1 Å². The average molecular weight is 561 g/mol. The zero-order valence-electron chi connectivity index (χ0n) is 23.5. The first-order valence-electron chi connectivity index (χ1n) is 13.6. The van der Waals surface area contributed by atoms with Gasteiger partial charge >= 0.3 is 0 Å².